The monoisotopic (exact) mass is 450 g/mol. The van der Waals surface area contributed by atoms with Crippen LogP contribution in [0.3, 0.4) is 0 Å². The Morgan fingerprint density at radius 3 is 2.44 bits per heavy atom. The van der Waals surface area contributed by atoms with Gasteiger partial charge in [-0.1, -0.05) is 12.1 Å². The Balaban J connectivity index is 1.22. The highest BCUT2D eigenvalue weighted by Crippen LogP contribution is 2.23. The molecule has 10 nitrogen and oxygen atoms in total. The molecule has 5 aromatic rings. The first-order valence-electron chi connectivity index (χ1n) is 11.2. The molecule has 4 aromatic heterocycles. The zero-order valence-corrected chi connectivity index (χ0v) is 18.3. The summed E-state index contributed by atoms with van der Waals surface area (Å²) < 4.78 is 1.80. The third kappa shape index (κ3) is 4.01. The van der Waals surface area contributed by atoms with Crippen molar-refractivity contribution in [2.24, 2.45) is 0 Å². The van der Waals surface area contributed by atoms with Crippen LogP contribution in [0.4, 0.5) is 17.6 Å². The number of anilines is 3. The summed E-state index contributed by atoms with van der Waals surface area (Å²) in [5, 5.41) is 19.1. The zero-order valence-electron chi connectivity index (χ0n) is 18.3. The quantitative estimate of drug-likeness (QED) is 0.362. The number of hydrogen-bond donors (Lipinski definition) is 3. The van der Waals surface area contributed by atoms with E-state index >= 15 is 0 Å². The van der Waals surface area contributed by atoms with E-state index in [1.807, 2.05) is 36.4 Å². The first kappa shape index (κ1) is 20.2. The molecule has 0 radical (unpaired) electrons. The molecule has 0 spiro atoms. The molecule has 1 fully saturated rings. The predicted octanol–water partition coefficient (Wildman–Crippen LogP) is 4.25. The van der Waals surface area contributed by atoms with E-state index in [2.05, 4.69) is 35.6 Å². The predicted molar refractivity (Wildman–Crippen MR) is 130 cm³/mol. The van der Waals surface area contributed by atoms with Gasteiger partial charge in [0.15, 0.2) is 11.5 Å². The van der Waals surface area contributed by atoms with Crippen molar-refractivity contribution in [1.29, 1.82) is 5.41 Å². The normalized spacial score (nSPS) is 16.1. The van der Waals surface area contributed by atoms with Crippen LogP contribution in [-0.2, 0) is 0 Å². The Kier molecular flexibility index (Phi) is 5.02. The molecular formula is C24H22N10. The lowest BCUT2D eigenvalue weighted by molar-refractivity contribution is 0.587. The number of nitrogens with one attached hydrogen (secondary N) is 3. The van der Waals surface area contributed by atoms with Crippen molar-refractivity contribution in [1.82, 2.24) is 34.5 Å². The Labute approximate surface area is 195 Å². The molecule has 0 unspecified atom stereocenters. The molecule has 3 N–H and O–H groups in total. The standard InChI is InChI=1S/C24H22N10/c25-16-5-7-17(8-6-16)30-21-9-10-23-27-13-20(34(23)33-21)15-11-28-24(29-12-15)32-22-14-26-18-3-1-2-4-19(18)31-22/h1-4,9-14,17,25H,5-8H2,(H,30,33)(H,28,29,31,32). The third-order valence-electron chi connectivity index (χ3n) is 5.94. The van der Waals surface area contributed by atoms with Crippen LogP contribution in [0.5, 0.6) is 0 Å². The molecule has 0 bridgehead atoms. The van der Waals surface area contributed by atoms with Gasteiger partial charge in [-0.3, -0.25) is 4.98 Å². The topological polar surface area (TPSA) is 130 Å². The largest absolute Gasteiger partial charge is 0.366 e. The molecule has 1 saturated carbocycles. The molecule has 168 valence electrons. The number of para-hydroxylation sites is 2. The van der Waals surface area contributed by atoms with Crippen LogP contribution in [-0.4, -0.2) is 46.3 Å². The summed E-state index contributed by atoms with van der Waals surface area (Å²) in [5.41, 5.74) is 4.83. The maximum absolute atomic E-state index is 7.80. The Bertz CT molecular complexity index is 1480. The van der Waals surface area contributed by atoms with Gasteiger partial charge in [0.05, 0.1) is 29.1 Å². The second-order valence-corrected chi connectivity index (χ2v) is 8.32. The van der Waals surface area contributed by atoms with Crippen molar-refractivity contribution in [2.45, 2.75) is 31.7 Å². The fourth-order valence-electron chi connectivity index (χ4n) is 4.12. The fourth-order valence-corrected chi connectivity index (χ4v) is 4.12. The van der Waals surface area contributed by atoms with E-state index in [4.69, 9.17) is 10.5 Å². The van der Waals surface area contributed by atoms with Gasteiger partial charge < -0.3 is 16.0 Å². The van der Waals surface area contributed by atoms with E-state index in [1.165, 1.54) is 0 Å². The Hall–Kier alpha value is -4.47. The molecular weight excluding hydrogens is 428 g/mol. The van der Waals surface area contributed by atoms with Gasteiger partial charge in [-0.05, 0) is 49.9 Å². The van der Waals surface area contributed by atoms with Gasteiger partial charge >= 0.3 is 0 Å². The third-order valence-corrected chi connectivity index (χ3v) is 5.94. The second-order valence-electron chi connectivity index (χ2n) is 8.32. The summed E-state index contributed by atoms with van der Waals surface area (Å²) >= 11 is 0. The van der Waals surface area contributed by atoms with E-state index in [0.717, 1.165) is 65.2 Å². The first-order valence-corrected chi connectivity index (χ1v) is 11.2. The zero-order chi connectivity index (χ0) is 22.9. The van der Waals surface area contributed by atoms with Gasteiger partial charge in [-0.2, -0.15) is 0 Å². The minimum atomic E-state index is 0.331. The van der Waals surface area contributed by atoms with Crippen molar-refractivity contribution >= 4 is 40.0 Å². The highest BCUT2D eigenvalue weighted by Gasteiger charge is 2.17. The maximum Gasteiger partial charge on any atom is 0.228 e. The number of benzene rings is 1. The van der Waals surface area contributed by atoms with Crippen LogP contribution in [0.1, 0.15) is 25.7 Å². The minimum absolute atomic E-state index is 0.331. The van der Waals surface area contributed by atoms with Crippen LogP contribution >= 0.6 is 0 Å². The van der Waals surface area contributed by atoms with Crippen LogP contribution in [0.2, 0.25) is 0 Å². The smallest absolute Gasteiger partial charge is 0.228 e. The summed E-state index contributed by atoms with van der Waals surface area (Å²) in [6.07, 6.45) is 10.5. The van der Waals surface area contributed by atoms with Crippen molar-refractivity contribution in [2.75, 3.05) is 10.6 Å². The van der Waals surface area contributed by atoms with E-state index in [0.29, 0.717) is 17.8 Å². The first-order chi connectivity index (χ1) is 16.7. The van der Waals surface area contributed by atoms with Gasteiger partial charge in [-0.25, -0.2) is 24.5 Å². The van der Waals surface area contributed by atoms with Crippen LogP contribution in [0.15, 0.2) is 61.2 Å². The number of hydrogen-bond acceptors (Lipinski definition) is 9. The lowest BCUT2D eigenvalue weighted by atomic mass is 9.94. The Morgan fingerprint density at radius 1 is 0.824 bits per heavy atom. The average Bonchev–Trinajstić information content (AvgIpc) is 3.29. The number of nitrogens with zero attached hydrogens (tertiary/aromatic N) is 7. The highest BCUT2D eigenvalue weighted by atomic mass is 15.3. The van der Waals surface area contributed by atoms with Gasteiger partial charge in [0.25, 0.3) is 0 Å². The molecule has 0 aliphatic heterocycles. The molecule has 34 heavy (non-hydrogen) atoms. The highest BCUT2D eigenvalue weighted by molar-refractivity contribution is 5.82. The molecule has 0 atom stereocenters. The molecule has 1 aliphatic carbocycles. The van der Waals surface area contributed by atoms with E-state index in [1.54, 1.807) is 29.3 Å². The van der Waals surface area contributed by atoms with Crippen LogP contribution in [0.25, 0.3) is 27.9 Å². The molecule has 10 heteroatoms. The van der Waals surface area contributed by atoms with Gasteiger partial charge in [0.1, 0.15) is 5.82 Å². The molecule has 0 amide bonds. The van der Waals surface area contributed by atoms with E-state index in [-0.39, 0.29) is 0 Å². The maximum atomic E-state index is 7.80. The number of imidazole rings is 1. The van der Waals surface area contributed by atoms with Gasteiger partial charge in [0, 0.05) is 29.7 Å². The SMILES string of the molecule is N=C1CCC(Nc2ccc3ncc(-c4cnc(Nc5cnc6ccccc6n5)nc4)n3n2)CC1. The summed E-state index contributed by atoms with van der Waals surface area (Å²) in [4.78, 5) is 22.3. The number of rotatable bonds is 5. The molecule has 1 aromatic carbocycles. The molecule has 0 saturated heterocycles. The van der Waals surface area contributed by atoms with Crippen molar-refractivity contribution in [3.63, 3.8) is 0 Å². The summed E-state index contributed by atoms with van der Waals surface area (Å²) in [7, 11) is 0. The van der Waals surface area contributed by atoms with E-state index < -0.39 is 0 Å². The van der Waals surface area contributed by atoms with Crippen LogP contribution < -0.4 is 10.6 Å². The van der Waals surface area contributed by atoms with E-state index in [9.17, 15) is 0 Å². The van der Waals surface area contributed by atoms with Gasteiger partial charge in [0.2, 0.25) is 5.95 Å². The van der Waals surface area contributed by atoms with Crippen LogP contribution in [0, 0.1) is 5.41 Å². The minimum Gasteiger partial charge on any atom is -0.366 e. The fraction of sp³-hybridized carbons (Fsp3) is 0.208. The molecule has 4 heterocycles. The lowest BCUT2D eigenvalue weighted by Gasteiger charge is -2.23. The van der Waals surface area contributed by atoms with Crippen molar-refractivity contribution in [3.05, 3.63) is 61.2 Å². The van der Waals surface area contributed by atoms with Gasteiger partial charge in [-0.15, -0.1) is 5.10 Å². The van der Waals surface area contributed by atoms with Crippen molar-refractivity contribution < 1.29 is 0 Å². The molecule has 1 aliphatic rings. The number of fused-ring (bicyclic) bond motifs is 2. The lowest BCUT2D eigenvalue weighted by Crippen LogP contribution is -2.26. The second kappa shape index (κ2) is 8.47. The summed E-state index contributed by atoms with van der Waals surface area (Å²) in [6, 6.07) is 11.9. The number of aromatic nitrogens is 7. The Morgan fingerprint density at radius 2 is 1.62 bits per heavy atom. The summed E-state index contributed by atoms with van der Waals surface area (Å²) in [5.74, 6) is 1.80. The molecule has 6 rings (SSSR count). The van der Waals surface area contributed by atoms with Crippen molar-refractivity contribution in [3.8, 4) is 11.3 Å². The summed E-state index contributed by atoms with van der Waals surface area (Å²) in [6.45, 7) is 0. The average molecular weight is 451 g/mol.